The molecular formula is C19H11Br2N3O2S. The summed E-state index contributed by atoms with van der Waals surface area (Å²) in [6.45, 7) is 0. The number of carboxylic acids is 1. The van der Waals surface area contributed by atoms with Gasteiger partial charge in [-0.3, -0.25) is 0 Å². The van der Waals surface area contributed by atoms with Crippen molar-refractivity contribution in [2.45, 2.75) is 0 Å². The number of thiophene rings is 1. The number of nitrogens with zero attached hydrogens (tertiary/aromatic N) is 2. The Labute approximate surface area is 175 Å². The molecule has 0 amide bonds. The van der Waals surface area contributed by atoms with E-state index in [1.165, 1.54) is 17.7 Å². The summed E-state index contributed by atoms with van der Waals surface area (Å²) in [6.07, 6.45) is 1.48. The summed E-state index contributed by atoms with van der Waals surface area (Å²) in [7, 11) is 0. The molecule has 0 aliphatic carbocycles. The van der Waals surface area contributed by atoms with Gasteiger partial charge in [0.2, 0.25) is 0 Å². The molecule has 0 saturated heterocycles. The lowest BCUT2D eigenvalue weighted by Crippen LogP contribution is -2.04. The lowest BCUT2D eigenvalue weighted by Gasteiger charge is -2.11. The molecule has 0 aliphatic rings. The van der Waals surface area contributed by atoms with Crippen molar-refractivity contribution in [3.05, 3.63) is 68.7 Å². The van der Waals surface area contributed by atoms with E-state index in [2.05, 4.69) is 47.1 Å². The number of halogens is 2. The van der Waals surface area contributed by atoms with Crippen molar-refractivity contribution < 1.29 is 9.90 Å². The molecule has 4 rings (SSSR count). The number of hydrogen-bond acceptors (Lipinski definition) is 5. The highest BCUT2D eigenvalue weighted by Gasteiger charge is 2.16. The van der Waals surface area contributed by atoms with Gasteiger partial charge in [0.15, 0.2) is 0 Å². The standard InChI is InChI=1S/C19H11Br2N3O2S/c20-11-3-1-10(2-4-11)14-8-27-18-16(14)17(22-9-23-18)24-15-6-5-12(21)7-13(15)19(25)26/h1-9H,(H,25,26)(H,22,23,24). The molecule has 0 fully saturated rings. The van der Waals surface area contributed by atoms with Crippen LogP contribution in [0.5, 0.6) is 0 Å². The van der Waals surface area contributed by atoms with E-state index in [-0.39, 0.29) is 5.56 Å². The van der Waals surface area contributed by atoms with Gasteiger partial charge in [-0.2, -0.15) is 0 Å². The third kappa shape index (κ3) is 3.60. The Morgan fingerprint density at radius 1 is 1.04 bits per heavy atom. The van der Waals surface area contributed by atoms with Gasteiger partial charge >= 0.3 is 5.97 Å². The first-order valence-electron chi connectivity index (χ1n) is 7.81. The molecule has 0 aliphatic heterocycles. The van der Waals surface area contributed by atoms with Gasteiger partial charge in [0.1, 0.15) is 17.0 Å². The maximum absolute atomic E-state index is 11.6. The minimum Gasteiger partial charge on any atom is -0.478 e. The van der Waals surface area contributed by atoms with Gasteiger partial charge in [-0.05, 0) is 35.9 Å². The van der Waals surface area contributed by atoms with Gasteiger partial charge in [0, 0.05) is 19.9 Å². The summed E-state index contributed by atoms with van der Waals surface area (Å²) in [5.74, 6) is -0.438. The van der Waals surface area contributed by atoms with Crippen molar-refractivity contribution in [1.82, 2.24) is 9.97 Å². The van der Waals surface area contributed by atoms with Crippen LogP contribution in [0.2, 0.25) is 0 Å². The van der Waals surface area contributed by atoms with E-state index >= 15 is 0 Å². The van der Waals surface area contributed by atoms with Gasteiger partial charge in [-0.1, -0.05) is 44.0 Å². The third-order valence-corrected chi connectivity index (χ3v) is 5.90. The monoisotopic (exact) mass is 503 g/mol. The first-order valence-corrected chi connectivity index (χ1v) is 10.3. The number of benzene rings is 2. The van der Waals surface area contributed by atoms with E-state index in [4.69, 9.17) is 0 Å². The van der Waals surface area contributed by atoms with E-state index in [0.29, 0.717) is 16.0 Å². The van der Waals surface area contributed by atoms with E-state index in [1.54, 1.807) is 18.2 Å². The summed E-state index contributed by atoms with van der Waals surface area (Å²) >= 11 is 8.29. The summed E-state index contributed by atoms with van der Waals surface area (Å²) in [6, 6.07) is 13.1. The number of hydrogen-bond donors (Lipinski definition) is 2. The van der Waals surface area contributed by atoms with Crippen molar-refractivity contribution in [1.29, 1.82) is 0 Å². The molecule has 2 heterocycles. The highest BCUT2D eigenvalue weighted by Crippen LogP contribution is 2.38. The number of carboxylic acid groups (broad SMARTS) is 1. The molecule has 2 aromatic heterocycles. The highest BCUT2D eigenvalue weighted by molar-refractivity contribution is 9.10. The second-order valence-corrected chi connectivity index (χ2v) is 8.37. The summed E-state index contributed by atoms with van der Waals surface area (Å²) < 4.78 is 1.70. The summed E-state index contributed by atoms with van der Waals surface area (Å²) in [5.41, 5.74) is 2.67. The lowest BCUT2D eigenvalue weighted by atomic mass is 10.1. The van der Waals surface area contributed by atoms with Crippen LogP contribution in [0.1, 0.15) is 10.4 Å². The zero-order valence-corrected chi connectivity index (χ0v) is 17.6. The van der Waals surface area contributed by atoms with Crippen LogP contribution in [0.25, 0.3) is 21.3 Å². The Morgan fingerprint density at radius 2 is 1.78 bits per heavy atom. The molecule has 134 valence electrons. The first-order chi connectivity index (χ1) is 13.0. The maximum atomic E-state index is 11.6. The average molecular weight is 505 g/mol. The first kappa shape index (κ1) is 18.1. The zero-order chi connectivity index (χ0) is 19.0. The second-order valence-electron chi connectivity index (χ2n) is 5.68. The maximum Gasteiger partial charge on any atom is 0.337 e. The topological polar surface area (TPSA) is 75.1 Å². The van der Waals surface area contributed by atoms with Gasteiger partial charge in [0.05, 0.1) is 16.6 Å². The van der Waals surface area contributed by atoms with Crippen LogP contribution < -0.4 is 5.32 Å². The molecule has 0 atom stereocenters. The fraction of sp³-hybridized carbons (Fsp3) is 0. The van der Waals surface area contributed by atoms with Crippen LogP contribution in [0.4, 0.5) is 11.5 Å². The van der Waals surface area contributed by atoms with Crippen molar-refractivity contribution in [2.24, 2.45) is 0 Å². The van der Waals surface area contributed by atoms with E-state index in [0.717, 1.165) is 25.8 Å². The van der Waals surface area contributed by atoms with Crippen molar-refractivity contribution in [3.63, 3.8) is 0 Å². The van der Waals surface area contributed by atoms with E-state index in [1.807, 2.05) is 29.6 Å². The average Bonchev–Trinajstić information content (AvgIpc) is 3.09. The number of nitrogens with one attached hydrogen (secondary N) is 1. The van der Waals surface area contributed by atoms with E-state index < -0.39 is 5.97 Å². The molecule has 2 aromatic carbocycles. The Kier molecular flexibility index (Phi) is 4.94. The smallest absolute Gasteiger partial charge is 0.337 e. The Balaban J connectivity index is 1.85. The Morgan fingerprint density at radius 3 is 2.52 bits per heavy atom. The third-order valence-electron chi connectivity index (χ3n) is 3.99. The van der Waals surface area contributed by atoms with Crippen molar-refractivity contribution in [3.8, 4) is 11.1 Å². The minimum atomic E-state index is -1.01. The molecule has 0 unspecified atom stereocenters. The van der Waals surface area contributed by atoms with Crippen LogP contribution in [0, 0.1) is 0 Å². The minimum absolute atomic E-state index is 0.163. The van der Waals surface area contributed by atoms with Gasteiger partial charge in [0.25, 0.3) is 0 Å². The fourth-order valence-electron chi connectivity index (χ4n) is 2.74. The van der Waals surface area contributed by atoms with Crippen molar-refractivity contribution >= 4 is 70.9 Å². The van der Waals surface area contributed by atoms with Gasteiger partial charge < -0.3 is 10.4 Å². The second kappa shape index (κ2) is 7.38. The molecule has 5 nitrogen and oxygen atoms in total. The highest BCUT2D eigenvalue weighted by atomic mass is 79.9. The van der Waals surface area contributed by atoms with Crippen molar-refractivity contribution in [2.75, 3.05) is 5.32 Å². The molecule has 8 heteroatoms. The number of aromatic nitrogens is 2. The number of anilines is 2. The zero-order valence-electron chi connectivity index (χ0n) is 13.6. The molecule has 0 spiro atoms. The molecular weight excluding hydrogens is 494 g/mol. The normalized spacial score (nSPS) is 10.9. The van der Waals surface area contributed by atoms with Crippen LogP contribution in [-0.4, -0.2) is 21.0 Å². The van der Waals surface area contributed by atoms with Crippen LogP contribution in [0.3, 0.4) is 0 Å². The molecule has 27 heavy (non-hydrogen) atoms. The Hall–Kier alpha value is -2.29. The Bertz CT molecular complexity index is 1160. The van der Waals surface area contributed by atoms with Crippen LogP contribution in [-0.2, 0) is 0 Å². The predicted octanol–water partition coefficient (Wildman–Crippen LogP) is 6.33. The quantitative estimate of drug-likeness (QED) is 0.340. The number of aromatic carboxylic acids is 1. The van der Waals surface area contributed by atoms with Crippen LogP contribution in [0.15, 0.2) is 63.1 Å². The molecule has 0 bridgehead atoms. The number of fused-ring (bicyclic) bond motifs is 1. The number of rotatable bonds is 4. The number of carbonyl (C=O) groups is 1. The SMILES string of the molecule is O=C(O)c1cc(Br)ccc1Nc1ncnc2scc(-c3ccc(Br)cc3)c12. The predicted molar refractivity (Wildman–Crippen MR) is 115 cm³/mol. The molecule has 0 saturated carbocycles. The fourth-order valence-corrected chi connectivity index (χ4v) is 4.28. The molecule has 2 N–H and O–H groups in total. The summed E-state index contributed by atoms with van der Waals surface area (Å²) in [4.78, 5) is 21.2. The van der Waals surface area contributed by atoms with E-state index in [9.17, 15) is 9.90 Å². The largest absolute Gasteiger partial charge is 0.478 e. The molecule has 4 aromatic rings. The van der Waals surface area contributed by atoms with Crippen LogP contribution >= 0.6 is 43.2 Å². The summed E-state index contributed by atoms with van der Waals surface area (Å²) in [5, 5.41) is 15.6. The van der Waals surface area contributed by atoms with Gasteiger partial charge in [-0.15, -0.1) is 11.3 Å². The molecule has 0 radical (unpaired) electrons. The van der Waals surface area contributed by atoms with Gasteiger partial charge in [-0.25, -0.2) is 14.8 Å². The lowest BCUT2D eigenvalue weighted by molar-refractivity contribution is 0.0698.